The molecule has 0 unspecified atom stereocenters. The average molecular weight is 345 g/mol. The van der Waals surface area contributed by atoms with Gasteiger partial charge in [0.05, 0.1) is 0 Å². The molecule has 0 radical (unpaired) electrons. The van der Waals surface area contributed by atoms with E-state index in [1.54, 1.807) is 18.2 Å². The van der Waals surface area contributed by atoms with E-state index in [4.69, 9.17) is 0 Å². The SMILES string of the molecule is CCc1cccc(CC)c1NC(=O)/C=C/c1ccccc1OC(F)F. The smallest absolute Gasteiger partial charge is 0.387 e. The van der Waals surface area contributed by atoms with E-state index in [9.17, 15) is 13.6 Å². The minimum absolute atomic E-state index is 0.0322. The predicted octanol–water partition coefficient (Wildman–Crippen LogP) is 5.06. The third kappa shape index (κ3) is 5.14. The molecule has 0 aliphatic heterocycles. The molecule has 0 aliphatic carbocycles. The lowest BCUT2D eigenvalue weighted by molar-refractivity contribution is -0.111. The summed E-state index contributed by atoms with van der Waals surface area (Å²) in [6, 6.07) is 12.3. The summed E-state index contributed by atoms with van der Waals surface area (Å²) in [5.74, 6) is -0.285. The van der Waals surface area contributed by atoms with Gasteiger partial charge in [0.2, 0.25) is 5.91 Å². The Labute approximate surface area is 146 Å². The summed E-state index contributed by atoms with van der Waals surface area (Å²) in [6.45, 7) is 1.14. The molecule has 0 saturated heterocycles. The van der Waals surface area contributed by atoms with Gasteiger partial charge in [0.1, 0.15) is 5.75 Å². The highest BCUT2D eigenvalue weighted by atomic mass is 19.3. The molecule has 0 fully saturated rings. The maximum atomic E-state index is 12.4. The first-order valence-corrected chi connectivity index (χ1v) is 8.18. The fourth-order valence-electron chi connectivity index (χ4n) is 2.55. The molecule has 2 aromatic carbocycles. The molecular formula is C20H21F2NO2. The first kappa shape index (κ1) is 18.6. The zero-order chi connectivity index (χ0) is 18.2. The second kappa shape index (κ2) is 8.97. The fraction of sp³-hybridized carbons (Fsp3) is 0.250. The molecule has 0 heterocycles. The number of rotatable bonds is 7. The molecule has 3 nitrogen and oxygen atoms in total. The maximum absolute atomic E-state index is 12.4. The molecular weight excluding hydrogens is 324 g/mol. The lowest BCUT2D eigenvalue weighted by atomic mass is 10.0. The van der Waals surface area contributed by atoms with Gasteiger partial charge in [0.15, 0.2) is 0 Å². The number of amides is 1. The van der Waals surface area contributed by atoms with Gasteiger partial charge in [-0.25, -0.2) is 0 Å². The summed E-state index contributed by atoms with van der Waals surface area (Å²) in [6.07, 6.45) is 4.39. The van der Waals surface area contributed by atoms with Crippen LogP contribution < -0.4 is 10.1 Å². The molecule has 2 aromatic rings. The van der Waals surface area contributed by atoms with Crippen molar-refractivity contribution in [1.29, 1.82) is 0 Å². The van der Waals surface area contributed by atoms with E-state index in [0.717, 1.165) is 29.7 Å². The number of alkyl halides is 2. The number of benzene rings is 2. The van der Waals surface area contributed by atoms with Crippen LogP contribution >= 0.6 is 0 Å². The fourth-order valence-corrected chi connectivity index (χ4v) is 2.55. The third-order valence-corrected chi connectivity index (χ3v) is 3.80. The number of hydrogen-bond donors (Lipinski definition) is 1. The Morgan fingerprint density at radius 3 is 2.32 bits per heavy atom. The van der Waals surface area contributed by atoms with E-state index in [1.165, 1.54) is 18.2 Å². The highest BCUT2D eigenvalue weighted by Gasteiger charge is 2.10. The van der Waals surface area contributed by atoms with Gasteiger partial charge < -0.3 is 10.1 Å². The monoisotopic (exact) mass is 345 g/mol. The number of anilines is 1. The van der Waals surface area contributed by atoms with Crippen molar-refractivity contribution in [3.8, 4) is 5.75 Å². The van der Waals surface area contributed by atoms with E-state index in [1.807, 2.05) is 32.0 Å². The minimum atomic E-state index is -2.91. The van der Waals surface area contributed by atoms with Gasteiger partial charge >= 0.3 is 6.61 Å². The number of hydrogen-bond acceptors (Lipinski definition) is 2. The minimum Gasteiger partial charge on any atom is -0.434 e. The Balaban J connectivity index is 2.18. The molecule has 0 aromatic heterocycles. The van der Waals surface area contributed by atoms with Gasteiger partial charge in [-0.2, -0.15) is 8.78 Å². The highest BCUT2D eigenvalue weighted by Crippen LogP contribution is 2.24. The van der Waals surface area contributed by atoms with Gasteiger partial charge in [-0.3, -0.25) is 4.79 Å². The van der Waals surface area contributed by atoms with Crippen LogP contribution in [0.1, 0.15) is 30.5 Å². The molecule has 0 atom stereocenters. The molecule has 25 heavy (non-hydrogen) atoms. The lowest BCUT2D eigenvalue weighted by Gasteiger charge is -2.13. The zero-order valence-electron chi connectivity index (χ0n) is 14.3. The second-order valence-corrected chi connectivity index (χ2v) is 5.40. The Morgan fingerprint density at radius 1 is 1.08 bits per heavy atom. The Kier molecular flexibility index (Phi) is 6.69. The van der Waals surface area contributed by atoms with Crippen molar-refractivity contribution in [3.05, 3.63) is 65.2 Å². The van der Waals surface area contributed by atoms with Gasteiger partial charge in [0, 0.05) is 17.3 Å². The predicted molar refractivity (Wildman–Crippen MR) is 95.9 cm³/mol. The van der Waals surface area contributed by atoms with Crippen LogP contribution in [0, 0.1) is 0 Å². The Hall–Kier alpha value is -2.69. The van der Waals surface area contributed by atoms with Gasteiger partial charge in [-0.1, -0.05) is 50.2 Å². The summed E-state index contributed by atoms with van der Waals surface area (Å²) in [5, 5.41) is 2.90. The van der Waals surface area contributed by atoms with Crippen molar-refractivity contribution in [2.75, 3.05) is 5.32 Å². The number of nitrogens with one attached hydrogen (secondary N) is 1. The van der Waals surface area contributed by atoms with Crippen LogP contribution in [0.15, 0.2) is 48.5 Å². The quantitative estimate of drug-likeness (QED) is 0.712. The molecule has 0 spiro atoms. The lowest BCUT2D eigenvalue weighted by Crippen LogP contribution is -2.12. The molecule has 5 heteroatoms. The normalized spacial score (nSPS) is 11.1. The van der Waals surface area contributed by atoms with E-state index in [-0.39, 0.29) is 11.7 Å². The second-order valence-electron chi connectivity index (χ2n) is 5.40. The van der Waals surface area contributed by atoms with Crippen LogP contribution in [-0.2, 0) is 17.6 Å². The standard InChI is InChI=1S/C20H21F2NO2/c1-3-14-9-7-10-15(4-2)19(14)23-18(24)13-12-16-8-5-6-11-17(16)25-20(21)22/h5-13,20H,3-4H2,1-2H3,(H,23,24)/b13-12+. The molecule has 0 bridgehead atoms. The molecule has 1 N–H and O–H groups in total. The topological polar surface area (TPSA) is 38.3 Å². The average Bonchev–Trinajstić information content (AvgIpc) is 2.60. The van der Waals surface area contributed by atoms with Crippen LogP contribution in [0.3, 0.4) is 0 Å². The number of halogens is 2. The first-order chi connectivity index (χ1) is 12.0. The Morgan fingerprint density at radius 2 is 1.72 bits per heavy atom. The van der Waals surface area contributed by atoms with Crippen molar-refractivity contribution >= 4 is 17.7 Å². The van der Waals surface area contributed by atoms with Crippen molar-refractivity contribution < 1.29 is 18.3 Å². The van der Waals surface area contributed by atoms with Crippen LogP contribution in [0.5, 0.6) is 5.75 Å². The van der Waals surface area contributed by atoms with Crippen molar-refractivity contribution in [2.24, 2.45) is 0 Å². The first-order valence-electron chi connectivity index (χ1n) is 8.18. The molecule has 132 valence electrons. The summed E-state index contributed by atoms with van der Waals surface area (Å²) < 4.78 is 29.3. The largest absolute Gasteiger partial charge is 0.434 e. The number of carbonyl (C=O) groups is 1. The number of ether oxygens (including phenoxy) is 1. The summed E-state index contributed by atoms with van der Waals surface area (Å²) in [4.78, 5) is 12.3. The summed E-state index contributed by atoms with van der Waals surface area (Å²) in [5.41, 5.74) is 3.35. The van der Waals surface area contributed by atoms with Crippen molar-refractivity contribution in [1.82, 2.24) is 0 Å². The summed E-state index contributed by atoms with van der Waals surface area (Å²) >= 11 is 0. The molecule has 0 saturated carbocycles. The number of carbonyl (C=O) groups excluding carboxylic acids is 1. The third-order valence-electron chi connectivity index (χ3n) is 3.80. The van der Waals surface area contributed by atoms with Crippen molar-refractivity contribution in [3.63, 3.8) is 0 Å². The van der Waals surface area contributed by atoms with Gasteiger partial charge in [-0.05, 0) is 36.1 Å². The highest BCUT2D eigenvalue weighted by molar-refractivity contribution is 6.03. The van der Waals surface area contributed by atoms with Gasteiger partial charge in [-0.15, -0.1) is 0 Å². The Bertz CT molecular complexity index is 735. The molecule has 2 rings (SSSR count). The van der Waals surface area contributed by atoms with E-state index >= 15 is 0 Å². The van der Waals surface area contributed by atoms with E-state index in [0.29, 0.717) is 5.56 Å². The number of para-hydroxylation sites is 2. The van der Waals surface area contributed by atoms with Gasteiger partial charge in [0.25, 0.3) is 0 Å². The van der Waals surface area contributed by atoms with E-state index in [2.05, 4.69) is 10.1 Å². The van der Waals surface area contributed by atoms with Crippen LogP contribution in [0.25, 0.3) is 6.08 Å². The molecule has 1 amide bonds. The maximum Gasteiger partial charge on any atom is 0.387 e. The van der Waals surface area contributed by atoms with E-state index < -0.39 is 6.61 Å². The summed E-state index contributed by atoms with van der Waals surface area (Å²) in [7, 11) is 0. The van der Waals surface area contributed by atoms with Crippen LogP contribution in [0.4, 0.5) is 14.5 Å². The van der Waals surface area contributed by atoms with Crippen LogP contribution in [-0.4, -0.2) is 12.5 Å². The number of aryl methyl sites for hydroxylation is 2. The zero-order valence-corrected chi connectivity index (χ0v) is 14.3. The molecule has 0 aliphatic rings. The van der Waals surface area contributed by atoms with Crippen LogP contribution in [0.2, 0.25) is 0 Å². The van der Waals surface area contributed by atoms with Crippen molar-refractivity contribution in [2.45, 2.75) is 33.3 Å².